The van der Waals surface area contributed by atoms with Gasteiger partial charge in [-0.05, 0) is 11.6 Å². The minimum Gasteiger partial charge on any atom is -0.326 e. The molecule has 0 amide bonds. The van der Waals surface area contributed by atoms with Crippen LogP contribution in [-0.2, 0) is 6.54 Å². The highest BCUT2D eigenvalue weighted by Gasteiger charge is 2.11. The van der Waals surface area contributed by atoms with E-state index < -0.39 is 0 Å². The van der Waals surface area contributed by atoms with Gasteiger partial charge in [0.15, 0.2) is 0 Å². The Balaban J connectivity index is 1.95. The van der Waals surface area contributed by atoms with Crippen molar-refractivity contribution in [2.45, 2.75) is 6.54 Å². The Morgan fingerprint density at radius 3 is 2.57 bits per heavy atom. The summed E-state index contributed by atoms with van der Waals surface area (Å²) in [5.41, 5.74) is 9.28. The van der Waals surface area contributed by atoms with Gasteiger partial charge in [0.1, 0.15) is 10.7 Å². The van der Waals surface area contributed by atoms with Crippen molar-refractivity contribution in [3.05, 3.63) is 57.5 Å². The zero-order valence-electron chi connectivity index (χ0n) is 10.9. The van der Waals surface area contributed by atoms with Gasteiger partial charge in [-0.25, -0.2) is 4.98 Å². The van der Waals surface area contributed by atoms with Crippen molar-refractivity contribution in [2.75, 3.05) is 0 Å². The molecule has 2 N–H and O–H groups in total. The number of hydrogen-bond donors (Lipinski definition) is 1. The summed E-state index contributed by atoms with van der Waals surface area (Å²) in [6.07, 6.45) is 1.57. The Bertz CT molecular complexity index is 769. The second-order valence-corrected chi connectivity index (χ2v) is 6.12. The van der Waals surface area contributed by atoms with Crippen molar-refractivity contribution in [1.29, 1.82) is 0 Å². The van der Waals surface area contributed by atoms with Crippen molar-refractivity contribution < 1.29 is 0 Å². The second-order valence-electron chi connectivity index (χ2n) is 4.42. The van der Waals surface area contributed by atoms with Crippen molar-refractivity contribution >= 4 is 34.5 Å². The molecule has 0 spiro atoms. The number of benzene rings is 1. The van der Waals surface area contributed by atoms with Gasteiger partial charge in [-0.3, -0.25) is 4.98 Å². The van der Waals surface area contributed by atoms with Gasteiger partial charge in [-0.2, -0.15) is 0 Å². The molecule has 0 aliphatic carbocycles. The van der Waals surface area contributed by atoms with Gasteiger partial charge < -0.3 is 5.73 Å². The molecule has 0 aliphatic heterocycles. The van der Waals surface area contributed by atoms with Gasteiger partial charge in [0.05, 0.1) is 15.7 Å². The number of rotatable bonds is 3. The second kappa shape index (κ2) is 6.12. The third-order valence-corrected chi connectivity index (χ3v) is 4.34. The Morgan fingerprint density at radius 2 is 1.90 bits per heavy atom. The van der Waals surface area contributed by atoms with Crippen LogP contribution in [0, 0.1) is 0 Å². The van der Waals surface area contributed by atoms with Gasteiger partial charge in [0.2, 0.25) is 0 Å². The summed E-state index contributed by atoms with van der Waals surface area (Å²) in [5.74, 6) is 0. The summed E-state index contributed by atoms with van der Waals surface area (Å²) in [5, 5.41) is 3.77. The van der Waals surface area contributed by atoms with Crippen LogP contribution in [0.3, 0.4) is 0 Å². The summed E-state index contributed by atoms with van der Waals surface area (Å²) in [6, 6.07) is 9.70. The Morgan fingerprint density at radius 1 is 1.14 bits per heavy atom. The number of nitrogens with two attached hydrogens (primary N) is 1. The molecule has 21 heavy (non-hydrogen) atoms. The Labute approximate surface area is 136 Å². The quantitative estimate of drug-likeness (QED) is 0.758. The summed E-state index contributed by atoms with van der Waals surface area (Å²) in [6.45, 7) is 0.535. The normalized spacial score (nSPS) is 10.8. The van der Waals surface area contributed by atoms with Crippen molar-refractivity contribution in [3.8, 4) is 22.0 Å². The van der Waals surface area contributed by atoms with Gasteiger partial charge >= 0.3 is 0 Å². The molecule has 2 heterocycles. The topological polar surface area (TPSA) is 51.8 Å². The number of hydrogen-bond acceptors (Lipinski definition) is 4. The SMILES string of the molecule is NCc1ccc(-c2csc(-c3ncc(Cl)cc3Cl)n2)cc1. The van der Waals surface area contributed by atoms with E-state index in [0.717, 1.165) is 21.8 Å². The first-order valence-electron chi connectivity index (χ1n) is 6.23. The lowest BCUT2D eigenvalue weighted by Gasteiger charge is -2.00. The van der Waals surface area contributed by atoms with Crippen molar-refractivity contribution in [2.24, 2.45) is 5.73 Å². The average molecular weight is 336 g/mol. The summed E-state index contributed by atoms with van der Waals surface area (Å²) in [7, 11) is 0. The van der Waals surface area contributed by atoms with Gasteiger partial charge in [-0.15, -0.1) is 11.3 Å². The minimum absolute atomic E-state index is 0.502. The number of pyridine rings is 1. The number of nitrogens with zero attached hydrogens (tertiary/aromatic N) is 2. The van der Waals surface area contributed by atoms with E-state index in [1.54, 1.807) is 12.3 Å². The van der Waals surface area contributed by atoms with E-state index in [2.05, 4.69) is 9.97 Å². The van der Waals surface area contributed by atoms with E-state index in [0.29, 0.717) is 22.3 Å². The van der Waals surface area contributed by atoms with Crippen LogP contribution in [0.2, 0.25) is 10.0 Å². The van der Waals surface area contributed by atoms with Crippen LogP contribution in [0.1, 0.15) is 5.56 Å². The molecule has 0 saturated heterocycles. The van der Waals surface area contributed by atoms with E-state index in [1.165, 1.54) is 11.3 Å². The summed E-state index contributed by atoms with van der Waals surface area (Å²) >= 11 is 13.5. The fourth-order valence-corrected chi connectivity index (χ4v) is 3.26. The molecule has 0 atom stereocenters. The monoisotopic (exact) mass is 335 g/mol. The molecule has 6 heteroatoms. The fourth-order valence-electron chi connectivity index (χ4n) is 1.90. The van der Waals surface area contributed by atoms with Crippen LogP contribution in [0.5, 0.6) is 0 Å². The smallest absolute Gasteiger partial charge is 0.144 e. The van der Waals surface area contributed by atoms with E-state index in [4.69, 9.17) is 28.9 Å². The minimum atomic E-state index is 0.502. The lowest BCUT2D eigenvalue weighted by Crippen LogP contribution is -1.95. The molecule has 0 saturated carbocycles. The maximum atomic E-state index is 6.16. The summed E-state index contributed by atoms with van der Waals surface area (Å²) in [4.78, 5) is 8.84. The molecule has 2 aromatic heterocycles. The molecule has 0 radical (unpaired) electrons. The van der Waals surface area contributed by atoms with E-state index in [9.17, 15) is 0 Å². The lowest BCUT2D eigenvalue weighted by atomic mass is 10.1. The molecule has 3 aromatic rings. The standard InChI is InChI=1S/C15H11Cl2N3S/c16-11-5-12(17)14(19-7-11)15-20-13(8-21-15)10-3-1-9(6-18)2-4-10/h1-5,7-8H,6,18H2. The Kier molecular flexibility index (Phi) is 4.22. The van der Waals surface area contributed by atoms with Crippen molar-refractivity contribution in [3.63, 3.8) is 0 Å². The van der Waals surface area contributed by atoms with Crippen LogP contribution in [-0.4, -0.2) is 9.97 Å². The average Bonchev–Trinajstić information content (AvgIpc) is 2.97. The number of thiazole rings is 1. The van der Waals surface area contributed by atoms with Crippen LogP contribution in [0.25, 0.3) is 22.0 Å². The molecule has 0 fully saturated rings. The van der Waals surface area contributed by atoms with Crippen LogP contribution in [0.15, 0.2) is 41.9 Å². The highest BCUT2D eigenvalue weighted by molar-refractivity contribution is 7.13. The van der Waals surface area contributed by atoms with Crippen LogP contribution >= 0.6 is 34.5 Å². The molecule has 106 valence electrons. The molecule has 1 aromatic carbocycles. The number of aromatic nitrogens is 2. The van der Waals surface area contributed by atoms with Gasteiger partial charge in [-0.1, -0.05) is 47.5 Å². The largest absolute Gasteiger partial charge is 0.326 e. The summed E-state index contributed by atoms with van der Waals surface area (Å²) < 4.78 is 0. The van der Waals surface area contributed by atoms with Crippen LogP contribution in [0.4, 0.5) is 0 Å². The predicted octanol–water partition coefficient (Wildman–Crippen LogP) is 4.64. The zero-order chi connectivity index (χ0) is 14.8. The predicted molar refractivity (Wildman–Crippen MR) is 88.7 cm³/mol. The van der Waals surface area contributed by atoms with E-state index in [-0.39, 0.29) is 0 Å². The van der Waals surface area contributed by atoms with E-state index >= 15 is 0 Å². The third kappa shape index (κ3) is 3.09. The molecular weight excluding hydrogens is 325 g/mol. The molecule has 3 nitrogen and oxygen atoms in total. The Hall–Kier alpha value is -1.46. The molecular formula is C15H11Cl2N3S. The molecule has 3 rings (SSSR count). The maximum absolute atomic E-state index is 6.16. The highest BCUT2D eigenvalue weighted by Crippen LogP contribution is 2.32. The molecule has 0 aliphatic rings. The molecule has 0 bridgehead atoms. The first-order chi connectivity index (χ1) is 10.2. The van der Waals surface area contributed by atoms with Gasteiger partial charge in [0, 0.05) is 23.7 Å². The third-order valence-electron chi connectivity index (χ3n) is 3.00. The first-order valence-corrected chi connectivity index (χ1v) is 7.87. The number of halogens is 2. The van der Waals surface area contributed by atoms with Crippen LogP contribution < -0.4 is 5.73 Å². The first kappa shape index (κ1) is 14.5. The van der Waals surface area contributed by atoms with E-state index in [1.807, 2.05) is 29.6 Å². The molecule has 0 unspecified atom stereocenters. The van der Waals surface area contributed by atoms with Gasteiger partial charge in [0.25, 0.3) is 0 Å². The fraction of sp³-hybridized carbons (Fsp3) is 0.0667. The highest BCUT2D eigenvalue weighted by atomic mass is 35.5. The van der Waals surface area contributed by atoms with Crippen molar-refractivity contribution in [1.82, 2.24) is 9.97 Å². The zero-order valence-corrected chi connectivity index (χ0v) is 13.2. The lowest BCUT2D eigenvalue weighted by molar-refractivity contribution is 1.07. The maximum Gasteiger partial charge on any atom is 0.144 e.